The summed E-state index contributed by atoms with van der Waals surface area (Å²) in [4.78, 5) is 11.9. The Bertz CT molecular complexity index is 179. The quantitative estimate of drug-likeness (QED) is 0.523. The van der Waals surface area contributed by atoms with Gasteiger partial charge in [0.25, 0.3) is 0 Å². The number of likely N-dealkylation sites (tertiary alicyclic amines) is 1. The topological polar surface area (TPSA) is 52.6 Å². The molecule has 4 heteroatoms. The maximum absolute atomic E-state index is 10.4. The van der Waals surface area contributed by atoms with Crippen molar-refractivity contribution in [2.24, 2.45) is 0 Å². The first kappa shape index (κ1) is 6.91. The van der Waals surface area contributed by atoms with Crippen molar-refractivity contribution in [3.8, 4) is 0 Å². The van der Waals surface area contributed by atoms with Crippen LogP contribution < -0.4 is 5.32 Å². The van der Waals surface area contributed by atoms with Gasteiger partial charge in [-0.05, 0) is 19.4 Å². The van der Waals surface area contributed by atoms with Gasteiger partial charge in [-0.1, -0.05) is 0 Å². The molecular formula is C7H12N2O2. The van der Waals surface area contributed by atoms with Gasteiger partial charge in [-0.25, -0.2) is 4.79 Å². The second-order valence-corrected chi connectivity index (χ2v) is 3.45. The van der Waals surface area contributed by atoms with Gasteiger partial charge < -0.3 is 15.3 Å². The lowest BCUT2D eigenvalue weighted by Crippen LogP contribution is -2.67. The fourth-order valence-electron chi connectivity index (χ4n) is 1.96. The van der Waals surface area contributed by atoms with Crippen LogP contribution in [0.5, 0.6) is 0 Å². The second-order valence-electron chi connectivity index (χ2n) is 3.45. The van der Waals surface area contributed by atoms with E-state index in [4.69, 9.17) is 5.11 Å². The SMILES string of the molecule is O=C(O)N1CC2(CCCN2)C1. The molecule has 2 heterocycles. The summed E-state index contributed by atoms with van der Waals surface area (Å²) in [5.74, 6) is 0. The van der Waals surface area contributed by atoms with Gasteiger partial charge in [0, 0.05) is 13.1 Å². The van der Waals surface area contributed by atoms with Gasteiger partial charge >= 0.3 is 6.09 Å². The molecule has 0 aromatic rings. The molecule has 2 fully saturated rings. The number of carboxylic acid groups (broad SMARTS) is 1. The molecule has 62 valence electrons. The minimum absolute atomic E-state index is 0.165. The lowest BCUT2D eigenvalue weighted by Gasteiger charge is -2.46. The van der Waals surface area contributed by atoms with E-state index in [0.717, 1.165) is 13.0 Å². The van der Waals surface area contributed by atoms with Crippen LogP contribution in [0.25, 0.3) is 0 Å². The molecule has 2 aliphatic heterocycles. The molecule has 2 aliphatic rings. The van der Waals surface area contributed by atoms with E-state index in [1.807, 2.05) is 0 Å². The molecule has 1 amide bonds. The number of carbonyl (C=O) groups is 1. The molecule has 2 saturated heterocycles. The second kappa shape index (κ2) is 2.11. The molecule has 0 aromatic heterocycles. The lowest BCUT2D eigenvalue weighted by molar-refractivity contribution is 0.0533. The van der Waals surface area contributed by atoms with Crippen LogP contribution in [0.4, 0.5) is 4.79 Å². The highest BCUT2D eigenvalue weighted by Crippen LogP contribution is 2.29. The third kappa shape index (κ3) is 0.976. The van der Waals surface area contributed by atoms with Gasteiger partial charge in [0.1, 0.15) is 0 Å². The zero-order chi connectivity index (χ0) is 7.90. The summed E-state index contributed by atoms with van der Waals surface area (Å²) < 4.78 is 0. The molecule has 11 heavy (non-hydrogen) atoms. The number of hydrogen-bond acceptors (Lipinski definition) is 2. The van der Waals surface area contributed by atoms with Crippen molar-refractivity contribution in [2.75, 3.05) is 19.6 Å². The van der Waals surface area contributed by atoms with Crippen LogP contribution in [-0.4, -0.2) is 41.3 Å². The van der Waals surface area contributed by atoms with Crippen molar-refractivity contribution in [3.05, 3.63) is 0 Å². The average molecular weight is 156 g/mol. The Morgan fingerprint density at radius 2 is 2.27 bits per heavy atom. The molecule has 0 unspecified atom stereocenters. The van der Waals surface area contributed by atoms with Gasteiger partial charge in [0.15, 0.2) is 0 Å². The standard InChI is InChI=1S/C7H12N2O2/c10-6(11)9-4-7(5-9)2-1-3-8-7/h8H,1-5H2,(H,10,11). The van der Waals surface area contributed by atoms with Crippen molar-refractivity contribution in [3.63, 3.8) is 0 Å². The van der Waals surface area contributed by atoms with Crippen LogP contribution in [-0.2, 0) is 0 Å². The molecule has 2 N–H and O–H groups in total. The van der Waals surface area contributed by atoms with E-state index in [2.05, 4.69) is 5.32 Å². The van der Waals surface area contributed by atoms with Crippen molar-refractivity contribution in [1.29, 1.82) is 0 Å². The zero-order valence-electron chi connectivity index (χ0n) is 6.34. The molecule has 0 bridgehead atoms. The molecular weight excluding hydrogens is 144 g/mol. The van der Waals surface area contributed by atoms with E-state index in [-0.39, 0.29) is 5.54 Å². The monoisotopic (exact) mass is 156 g/mol. The molecule has 0 aliphatic carbocycles. The molecule has 0 saturated carbocycles. The number of hydrogen-bond donors (Lipinski definition) is 2. The zero-order valence-corrected chi connectivity index (χ0v) is 6.34. The minimum atomic E-state index is -0.788. The third-order valence-electron chi connectivity index (χ3n) is 2.59. The van der Waals surface area contributed by atoms with E-state index < -0.39 is 6.09 Å². The fraction of sp³-hybridized carbons (Fsp3) is 0.857. The molecule has 0 radical (unpaired) electrons. The third-order valence-corrected chi connectivity index (χ3v) is 2.59. The normalized spacial score (nSPS) is 27.1. The average Bonchev–Trinajstić information content (AvgIpc) is 2.29. The van der Waals surface area contributed by atoms with Crippen LogP contribution >= 0.6 is 0 Å². The van der Waals surface area contributed by atoms with Gasteiger partial charge in [-0.2, -0.15) is 0 Å². The first-order valence-corrected chi connectivity index (χ1v) is 3.95. The van der Waals surface area contributed by atoms with E-state index in [0.29, 0.717) is 13.1 Å². The van der Waals surface area contributed by atoms with Crippen molar-refractivity contribution in [2.45, 2.75) is 18.4 Å². The largest absolute Gasteiger partial charge is 0.465 e. The van der Waals surface area contributed by atoms with Gasteiger partial charge in [0.2, 0.25) is 0 Å². The summed E-state index contributed by atoms with van der Waals surface area (Å²) in [5, 5.41) is 11.9. The summed E-state index contributed by atoms with van der Waals surface area (Å²) >= 11 is 0. The maximum atomic E-state index is 10.4. The summed E-state index contributed by atoms with van der Waals surface area (Å²) in [5.41, 5.74) is 0.165. The Balaban J connectivity index is 1.91. The van der Waals surface area contributed by atoms with E-state index in [1.54, 1.807) is 0 Å². The summed E-state index contributed by atoms with van der Waals surface area (Å²) in [6.45, 7) is 2.41. The van der Waals surface area contributed by atoms with Crippen LogP contribution in [0.1, 0.15) is 12.8 Å². The van der Waals surface area contributed by atoms with E-state index in [9.17, 15) is 4.79 Å². The van der Waals surface area contributed by atoms with Crippen molar-refractivity contribution < 1.29 is 9.90 Å². The number of nitrogens with zero attached hydrogens (tertiary/aromatic N) is 1. The molecule has 1 spiro atoms. The predicted molar refractivity (Wildman–Crippen MR) is 39.6 cm³/mol. The first-order chi connectivity index (χ1) is 5.22. The predicted octanol–water partition coefficient (Wildman–Crippen LogP) is 0.102. The molecule has 4 nitrogen and oxygen atoms in total. The van der Waals surface area contributed by atoms with Crippen molar-refractivity contribution in [1.82, 2.24) is 10.2 Å². The number of amides is 1. The van der Waals surface area contributed by atoms with Crippen LogP contribution in [0, 0.1) is 0 Å². The smallest absolute Gasteiger partial charge is 0.407 e. The Labute approximate surface area is 65.2 Å². The molecule has 0 aromatic carbocycles. The number of rotatable bonds is 0. The van der Waals surface area contributed by atoms with Crippen LogP contribution in [0.3, 0.4) is 0 Å². The Morgan fingerprint density at radius 3 is 2.73 bits per heavy atom. The highest BCUT2D eigenvalue weighted by molar-refractivity contribution is 5.66. The van der Waals surface area contributed by atoms with Crippen molar-refractivity contribution >= 4 is 6.09 Å². The Hall–Kier alpha value is -0.770. The van der Waals surface area contributed by atoms with E-state index in [1.165, 1.54) is 11.3 Å². The van der Waals surface area contributed by atoms with Gasteiger partial charge in [0.05, 0.1) is 5.54 Å². The first-order valence-electron chi connectivity index (χ1n) is 3.95. The number of nitrogens with one attached hydrogen (secondary N) is 1. The lowest BCUT2D eigenvalue weighted by atomic mass is 9.89. The summed E-state index contributed by atoms with van der Waals surface area (Å²) in [6.07, 6.45) is 1.54. The summed E-state index contributed by atoms with van der Waals surface area (Å²) in [6, 6.07) is 0. The maximum Gasteiger partial charge on any atom is 0.407 e. The Morgan fingerprint density at radius 1 is 1.55 bits per heavy atom. The van der Waals surface area contributed by atoms with Crippen LogP contribution in [0.15, 0.2) is 0 Å². The van der Waals surface area contributed by atoms with Gasteiger partial charge in [-0.3, -0.25) is 0 Å². The minimum Gasteiger partial charge on any atom is -0.465 e. The highest BCUT2D eigenvalue weighted by Gasteiger charge is 2.46. The van der Waals surface area contributed by atoms with Gasteiger partial charge in [-0.15, -0.1) is 0 Å². The summed E-state index contributed by atoms with van der Waals surface area (Å²) in [7, 11) is 0. The fourth-order valence-corrected chi connectivity index (χ4v) is 1.96. The molecule has 2 rings (SSSR count). The van der Waals surface area contributed by atoms with Crippen LogP contribution in [0.2, 0.25) is 0 Å². The molecule has 0 atom stereocenters. The Kier molecular flexibility index (Phi) is 1.32. The highest BCUT2D eigenvalue weighted by atomic mass is 16.4. The van der Waals surface area contributed by atoms with E-state index >= 15 is 0 Å².